The van der Waals surface area contributed by atoms with Crippen molar-refractivity contribution in [3.8, 4) is 12.3 Å². The monoisotopic (exact) mass is 253 g/mol. The quantitative estimate of drug-likeness (QED) is 0.598. The standard InChI is InChI=1S/C14H17ClFN/c1-3-5-6-7-14(17-4-2)12-10-11(15)8-9-13(12)16/h1,8-10,14,17H,4-7H2,2H3. The van der Waals surface area contributed by atoms with E-state index in [0.29, 0.717) is 17.0 Å². The van der Waals surface area contributed by atoms with Gasteiger partial charge in [-0.3, -0.25) is 0 Å². The van der Waals surface area contributed by atoms with Crippen LogP contribution in [0.1, 0.15) is 37.8 Å². The first-order chi connectivity index (χ1) is 8.19. The molecule has 0 aromatic heterocycles. The third kappa shape index (κ3) is 4.38. The molecule has 0 spiro atoms. The summed E-state index contributed by atoms with van der Waals surface area (Å²) in [5.41, 5.74) is 0.622. The Bertz CT molecular complexity index is 398. The highest BCUT2D eigenvalue weighted by molar-refractivity contribution is 6.30. The van der Waals surface area contributed by atoms with Gasteiger partial charge in [0.25, 0.3) is 0 Å². The van der Waals surface area contributed by atoms with Crippen LogP contribution in [0.4, 0.5) is 4.39 Å². The van der Waals surface area contributed by atoms with Gasteiger partial charge >= 0.3 is 0 Å². The van der Waals surface area contributed by atoms with Gasteiger partial charge in [0.1, 0.15) is 5.82 Å². The number of benzene rings is 1. The van der Waals surface area contributed by atoms with E-state index in [1.165, 1.54) is 6.07 Å². The molecule has 0 saturated carbocycles. The Morgan fingerprint density at radius 3 is 2.94 bits per heavy atom. The van der Waals surface area contributed by atoms with Crippen molar-refractivity contribution in [3.05, 3.63) is 34.6 Å². The zero-order valence-electron chi connectivity index (χ0n) is 9.97. The number of terminal acetylenes is 1. The van der Waals surface area contributed by atoms with E-state index in [-0.39, 0.29) is 11.9 Å². The summed E-state index contributed by atoms with van der Waals surface area (Å²) in [6.07, 6.45) is 7.62. The number of unbranched alkanes of at least 4 members (excludes halogenated alkanes) is 1. The van der Waals surface area contributed by atoms with Crippen molar-refractivity contribution in [2.75, 3.05) is 6.54 Å². The second kappa shape index (κ2) is 7.32. The lowest BCUT2D eigenvalue weighted by molar-refractivity contribution is 0.475. The zero-order valence-corrected chi connectivity index (χ0v) is 10.7. The number of hydrogen-bond acceptors (Lipinski definition) is 1. The lowest BCUT2D eigenvalue weighted by atomic mass is 10.0. The zero-order chi connectivity index (χ0) is 12.7. The number of rotatable bonds is 6. The Hall–Kier alpha value is -1.04. The number of nitrogens with one attached hydrogen (secondary N) is 1. The van der Waals surface area contributed by atoms with Gasteiger partial charge in [0.05, 0.1) is 0 Å². The Morgan fingerprint density at radius 1 is 1.53 bits per heavy atom. The molecule has 3 heteroatoms. The molecule has 0 heterocycles. The molecule has 0 aliphatic heterocycles. The molecule has 0 aliphatic carbocycles. The Kier molecular flexibility index (Phi) is 6.04. The Morgan fingerprint density at radius 2 is 2.29 bits per heavy atom. The average Bonchev–Trinajstić information content (AvgIpc) is 2.32. The van der Waals surface area contributed by atoms with E-state index in [9.17, 15) is 4.39 Å². The van der Waals surface area contributed by atoms with Gasteiger partial charge in [-0.1, -0.05) is 18.5 Å². The van der Waals surface area contributed by atoms with Gasteiger partial charge in [-0.05, 0) is 37.6 Å². The SMILES string of the molecule is C#CCCCC(NCC)c1cc(Cl)ccc1F. The van der Waals surface area contributed by atoms with Gasteiger partial charge in [-0.2, -0.15) is 0 Å². The van der Waals surface area contributed by atoms with Crippen molar-refractivity contribution in [1.82, 2.24) is 5.32 Å². The number of hydrogen-bond donors (Lipinski definition) is 1. The molecule has 0 fully saturated rings. The lowest BCUT2D eigenvalue weighted by Crippen LogP contribution is -2.21. The molecule has 1 atom stereocenters. The smallest absolute Gasteiger partial charge is 0.128 e. The Balaban J connectivity index is 2.81. The van der Waals surface area contributed by atoms with Gasteiger partial charge < -0.3 is 5.32 Å². The van der Waals surface area contributed by atoms with Crippen molar-refractivity contribution >= 4 is 11.6 Å². The molecular weight excluding hydrogens is 237 g/mol. The van der Waals surface area contributed by atoms with Crippen molar-refractivity contribution in [2.24, 2.45) is 0 Å². The van der Waals surface area contributed by atoms with Crippen LogP contribution in [0.5, 0.6) is 0 Å². The molecule has 1 unspecified atom stereocenters. The molecule has 0 bridgehead atoms. The van der Waals surface area contributed by atoms with Crippen LogP contribution in [0, 0.1) is 18.2 Å². The van der Waals surface area contributed by atoms with Crippen LogP contribution in [0.15, 0.2) is 18.2 Å². The molecule has 0 aliphatic rings. The van der Waals surface area contributed by atoms with Crippen LogP contribution in [0.3, 0.4) is 0 Å². The highest BCUT2D eigenvalue weighted by atomic mass is 35.5. The van der Waals surface area contributed by atoms with Crippen LogP contribution in [0.2, 0.25) is 5.02 Å². The van der Waals surface area contributed by atoms with Crippen LogP contribution in [-0.4, -0.2) is 6.54 Å². The fourth-order valence-corrected chi connectivity index (χ4v) is 1.98. The van der Waals surface area contributed by atoms with Crippen molar-refractivity contribution < 1.29 is 4.39 Å². The molecule has 1 aromatic carbocycles. The van der Waals surface area contributed by atoms with Gasteiger partial charge in [-0.25, -0.2) is 4.39 Å². The maximum atomic E-state index is 13.7. The molecule has 1 aromatic rings. The van der Waals surface area contributed by atoms with E-state index < -0.39 is 0 Å². The van der Waals surface area contributed by atoms with E-state index in [4.69, 9.17) is 18.0 Å². The molecule has 17 heavy (non-hydrogen) atoms. The summed E-state index contributed by atoms with van der Waals surface area (Å²) in [5.74, 6) is 2.37. The second-order valence-electron chi connectivity index (χ2n) is 3.87. The predicted octanol–water partition coefficient (Wildman–Crippen LogP) is 3.93. The predicted molar refractivity (Wildman–Crippen MR) is 70.5 cm³/mol. The minimum atomic E-state index is -0.221. The van der Waals surface area contributed by atoms with E-state index in [1.54, 1.807) is 12.1 Å². The fourth-order valence-electron chi connectivity index (χ4n) is 1.80. The minimum absolute atomic E-state index is 0.0213. The summed E-state index contributed by atoms with van der Waals surface area (Å²) >= 11 is 5.90. The van der Waals surface area contributed by atoms with Gasteiger partial charge in [0.2, 0.25) is 0 Å². The lowest BCUT2D eigenvalue weighted by Gasteiger charge is -2.18. The van der Waals surface area contributed by atoms with Crippen LogP contribution < -0.4 is 5.32 Å². The highest BCUT2D eigenvalue weighted by Gasteiger charge is 2.14. The van der Waals surface area contributed by atoms with E-state index >= 15 is 0 Å². The third-order valence-corrected chi connectivity index (χ3v) is 2.83. The average molecular weight is 254 g/mol. The molecule has 1 N–H and O–H groups in total. The fraction of sp³-hybridized carbons (Fsp3) is 0.429. The molecule has 0 radical (unpaired) electrons. The topological polar surface area (TPSA) is 12.0 Å². The summed E-state index contributed by atoms with van der Waals surface area (Å²) in [5, 5.41) is 3.82. The summed E-state index contributed by atoms with van der Waals surface area (Å²) in [6.45, 7) is 2.78. The van der Waals surface area contributed by atoms with Crippen LogP contribution in [0.25, 0.3) is 0 Å². The molecular formula is C14H17ClFN. The maximum absolute atomic E-state index is 13.7. The second-order valence-corrected chi connectivity index (χ2v) is 4.31. The minimum Gasteiger partial charge on any atom is -0.310 e. The van der Waals surface area contributed by atoms with Crippen molar-refractivity contribution in [3.63, 3.8) is 0 Å². The van der Waals surface area contributed by atoms with Crippen molar-refractivity contribution in [1.29, 1.82) is 0 Å². The van der Waals surface area contributed by atoms with Crippen LogP contribution >= 0.6 is 11.6 Å². The molecule has 1 nitrogen and oxygen atoms in total. The Labute approximate surface area is 107 Å². The van der Waals surface area contributed by atoms with Gasteiger partial charge in [-0.15, -0.1) is 12.3 Å². The van der Waals surface area contributed by atoms with E-state index in [1.807, 2.05) is 6.92 Å². The van der Waals surface area contributed by atoms with Gasteiger partial charge in [0, 0.05) is 23.0 Å². The van der Waals surface area contributed by atoms with E-state index in [2.05, 4.69) is 11.2 Å². The van der Waals surface area contributed by atoms with Crippen LogP contribution in [-0.2, 0) is 0 Å². The summed E-state index contributed by atoms with van der Waals surface area (Å²) in [4.78, 5) is 0. The molecule has 92 valence electrons. The largest absolute Gasteiger partial charge is 0.310 e. The van der Waals surface area contributed by atoms with E-state index in [0.717, 1.165) is 19.4 Å². The third-order valence-electron chi connectivity index (χ3n) is 2.60. The highest BCUT2D eigenvalue weighted by Crippen LogP contribution is 2.25. The summed E-state index contributed by atoms with van der Waals surface area (Å²) in [7, 11) is 0. The normalized spacial score (nSPS) is 12.1. The first-order valence-electron chi connectivity index (χ1n) is 5.80. The summed E-state index contributed by atoms with van der Waals surface area (Å²) in [6, 6.07) is 4.63. The maximum Gasteiger partial charge on any atom is 0.128 e. The molecule has 1 rings (SSSR count). The summed E-state index contributed by atoms with van der Waals surface area (Å²) < 4.78 is 13.7. The first kappa shape index (κ1) is 14.0. The molecule has 0 saturated heterocycles. The number of halogens is 2. The van der Waals surface area contributed by atoms with Gasteiger partial charge in [0.15, 0.2) is 0 Å². The van der Waals surface area contributed by atoms with Crippen molar-refractivity contribution in [2.45, 2.75) is 32.2 Å². The first-order valence-corrected chi connectivity index (χ1v) is 6.18. The molecule has 0 amide bonds.